The Bertz CT molecular complexity index is 509. The van der Waals surface area contributed by atoms with Crippen molar-refractivity contribution in [2.24, 2.45) is 0 Å². The average Bonchev–Trinajstić information content (AvgIpc) is 2.94. The fourth-order valence-electron chi connectivity index (χ4n) is 1.48. The van der Waals surface area contributed by atoms with Gasteiger partial charge in [-0.25, -0.2) is 4.98 Å². The molecule has 0 fully saturated rings. The molecule has 2 aromatic rings. The van der Waals surface area contributed by atoms with Gasteiger partial charge in [-0.2, -0.15) is 0 Å². The number of hydrogen-bond donors (Lipinski definition) is 1. The molecule has 18 heavy (non-hydrogen) atoms. The fourth-order valence-corrected chi connectivity index (χ4v) is 3.46. The first-order valence-electron chi connectivity index (χ1n) is 5.77. The van der Waals surface area contributed by atoms with Crippen LogP contribution >= 0.6 is 22.7 Å². The molecule has 0 atom stereocenters. The molecular weight excluding hydrogens is 268 g/mol. The van der Waals surface area contributed by atoms with Gasteiger partial charge in [-0.05, 0) is 13.8 Å². The summed E-state index contributed by atoms with van der Waals surface area (Å²) in [5.74, 6) is 0. The van der Waals surface area contributed by atoms with E-state index in [0.717, 1.165) is 38.7 Å². The second kappa shape index (κ2) is 6.21. The Labute approximate surface area is 114 Å². The van der Waals surface area contributed by atoms with Gasteiger partial charge < -0.3 is 10.1 Å². The molecule has 0 saturated carbocycles. The molecule has 0 unspecified atom stereocenters. The number of aromatic nitrogens is 3. The fraction of sp³-hybridized carbons (Fsp3) is 0.545. The van der Waals surface area contributed by atoms with Crippen molar-refractivity contribution >= 4 is 27.8 Å². The Morgan fingerprint density at radius 1 is 1.28 bits per heavy atom. The molecule has 2 heterocycles. The Morgan fingerprint density at radius 3 is 2.83 bits per heavy atom. The Balaban J connectivity index is 2.18. The molecule has 2 aromatic heterocycles. The van der Waals surface area contributed by atoms with Crippen LogP contribution in [0.4, 0.5) is 5.13 Å². The molecule has 0 spiro atoms. The summed E-state index contributed by atoms with van der Waals surface area (Å²) in [6.07, 6.45) is 0.848. The van der Waals surface area contributed by atoms with Crippen molar-refractivity contribution in [1.29, 1.82) is 0 Å². The summed E-state index contributed by atoms with van der Waals surface area (Å²) in [7, 11) is 1.70. The van der Waals surface area contributed by atoms with Crippen molar-refractivity contribution in [1.82, 2.24) is 15.2 Å². The summed E-state index contributed by atoms with van der Waals surface area (Å²) in [5.41, 5.74) is 1.02. The van der Waals surface area contributed by atoms with Gasteiger partial charge in [-0.3, -0.25) is 0 Å². The molecule has 0 saturated heterocycles. The van der Waals surface area contributed by atoms with Gasteiger partial charge in [0.2, 0.25) is 5.13 Å². The van der Waals surface area contributed by atoms with Gasteiger partial charge >= 0.3 is 0 Å². The van der Waals surface area contributed by atoms with Crippen molar-refractivity contribution in [3.63, 3.8) is 0 Å². The molecular formula is C11H16N4OS2. The van der Waals surface area contributed by atoms with E-state index in [4.69, 9.17) is 4.74 Å². The van der Waals surface area contributed by atoms with Crippen LogP contribution in [0.1, 0.15) is 17.6 Å². The standard InChI is InChI=1S/C11H16N4OS2/c1-4-12-11-15-14-10(18-11)9-7(2)13-8(17-9)5-6-16-3/h4-6H2,1-3H3,(H,12,15). The first kappa shape index (κ1) is 13.4. The van der Waals surface area contributed by atoms with Crippen LogP contribution in [0.15, 0.2) is 0 Å². The molecule has 98 valence electrons. The predicted molar refractivity (Wildman–Crippen MR) is 75.5 cm³/mol. The molecule has 0 radical (unpaired) electrons. The first-order chi connectivity index (χ1) is 8.74. The second-order valence-corrected chi connectivity index (χ2v) is 5.77. The van der Waals surface area contributed by atoms with Crippen LogP contribution in [0.5, 0.6) is 0 Å². The molecule has 2 rings (SSSR count). The molecule has 1 N–H and O–H groups in total. The molecule has 0 aliphatic rings. The first-order valence-corrected chi connectivity index (χ1v) is 7.41. The third kappa shape index (κ3) is 3.04. The van der Waals surface area contributed by atoms with E-state index in [9.17, 15) is 0 Å². The zero-order valence-electron chi connectivity index (χ0n) is 10.7. The lowest BCUT2D eigenvalue weighted by atomic mass is 10.4. The van der Waals surface area contributed by atoms with E-state index in [0.29, 0.717) is 6.61 Å². The number of nitrogens with one attached hydrogen (secondary N) is 1. The van der Waals surface area contributed by atoms with Gasteiger partial charge in [0.25, 0.3) is 0 Å². The zero-order valence-corrected chi connectivity index (χ0v) is 12.3. The summed E-state index contributed by atoms with van der Waals surface area (Å²) >= 11 is 3.24. The van der Waals surface area contributed by atoms with Gasteiger partial charge in [0.05, 0.1) is 22.2 Å². The Kier molecular flexibility index (Phi) is 4.62. The summed E-state index contributed by atoms with van der Waals surface area (Å²) in [6.45, 7) is 5.61. The maximum Gasteiger partial charge on any atom is 0.206 e. The van der Waals surface area contributed by atoms with Crippen LogP contribution in [0.3, 0.4) is 0 Å². The number of methoxy groups -OCH3 is 1. The quantitative estimate of drug-likeness (QED) is 0.883. The van der Waals surface area contributed by atoms with Crippen LogP contribution in [0, 0.1) is 6.92 Å². The zero-order chi connectivity index (χ0) is 13.0. The SMILES string of the molecule is CCNc1nnc(-c2sc(CCOC)nc2C)s1. The van der Waals surface area contributed by atoms with Crippen molar-refractivity contribution in [2.75, 3.05) is 25.6 Å². The summed E-state index contributed by atoms with van der Waals surface area (Å²) in [4.78, 5) is 5.65. The maximum atomic E-state index is 5.07. The van der Waals surface area contributed by atoms with Crippen molar-refractivity contribution in [2.45, 2.75) is 20.3 Å². The van der Waals surface area contributed by atoms with Crippen molar-refractivity contribution in [3.8, 4) is 9.88 Å². The largest absolute Gasteiger partial charge is 0.384 e. The summed E-state index contributed by atoms with van der Waals surface area (Å²) in [6, 6.07) is 0. The van der Waals surface area contributed by atoms with Crippen LogP contribution in [-0.4, -0.2) is 35.4 Å². The highest BCUT2D eigenvalue weighted by Gasteiger charge is 2.14. The number of ether oxygens (including phenoxy) is 1. The topological polar surface area (TPSA) is 59.9 Å². The molecule has 5 nitrogen and oxygen atoms in total. The summed E-state index contributed by atoms with van der Waals surface area (Å²) in [5, 5.41) is 14.4. The number of nitrogens with zero attached hydrogens (tertiary/aromatic N) is 3. The number of anilines is 1. The highest BCUT2D eigenvalue weighted by atomic mass is 32.1. The van der Waals surface area contributed by atoms with Crippen LogP contribution in [0.25, 0.3) is 9.88 Å². The highest BCUT2D eigenvalue weighted by Crippen LogP contribution is 2.33. The molecule has 0 bridgehead atoms. The van der Waals surface area contributed by atoms with E-state index in [1.54, 1.807) is 29.8 Å². The van der Waals surface area contributed by atoms with Crippen LogP contribution < -0.4 is 5.32 Å². The van der Waals surface area contributed by atoms with Gasteiger partial charge in [0, 0.05) is 20.1 Å². The number of aryl methyl sites for hydroxylation is 1. The van der Waals surface area contributed by atoms with E-state index < -0.39 is 0 Å². The minimum Gasteiger partial charge on any atom is -0.384 e. The number of hydrogen-bond acceptors (Lipinski definition) is 7. The normalized spacial score (nSPS) is 10.8. The molecule has 0 aromatic carbocycles. The van der Waals surface area contributed by atoms with Gasteiger partial charge in [0.1, 0.15) is 0 Å². The lowest BCUT2D eigenvalue weighted by molar-refractivity contribution is 0.202. The lowest BCUT2D eigenvalue weighted by Gasteiger charge is -1.92. The van der Waals surface area contributed by atoms with Crippen molar-refractivity contribution in [3.05, 3.63) is 10.7 Å². The van der Waals surface area contributed by atoms with Crippen LogP contribution in [0.2, 0.25) is 0 Å². The van der Waals surface area contributed by atoms with Crippen molar-refractivity contribution < 1.29 is 4.74 Å². The third-order valence-electron chi connectivity index (χ3n) is 2.31. The maximum absolute atomic E-state index is 5.07. The lowest BCUT2D eigenvalue weighted by Crippen LogP contribution is -1.94. The van der Waals surface area contributed by atoms with E-state index in [2.05, 4.69) is 20.5 Å². The highest BCUT2D eigenvalue weighted by molar-refractivity contribution is 7.23. The number of thiazole rings is 1. The number of rotatable bonds is 6. The molecule has 7 heteroatoms. The van der Waals surface area contributed by atoms with E-state index in [-0.39, 0.29) is 0 Å². The monoisotopic (exact) mass is 284 g/mol. The smallest absolute Gasteiger partial charge is 0.206 e. The molecule has 0 aliphatic carbocycles. The minimum atomic E-state index is 0.700. The summed E-state index contributed by atoms with van der Waals surface area (Å²) < 4.78 is 5.07. The third-order valence-corrected chi connectivity index (χ3v) is 4.56. The predicted octanol–water partition coefficient (Wildman–Crippen LogP) is 2.59. The second-order valence-electron chi connectivity index (χ2n) is 3.71. The van der Waals surface area contributed by atoms with E-state index in [1.165, 1.54) is 0 Å². The van der Waals surface area contributed by atoms with Gasteiger partial charge in [0.15, 0.2) is 5.01 Å². The minimum absolute atomic E-state index is 0.700. The Morgan fingerprint density at radius 2 is 2.11 bits per heavy atom. The van der Waals surface area contributed by atoms with Crippen LogP contribution in [-0.2, 0) is 11.2 Å². The molecule has 0 aliphatic heterocycles. The average molecular weight is 284 g/mol. The Hall–Kier alpha value is -1.05. The van der Waals surface area contributed by atoms with Gasteiger partial charge in [-0.1, -0.05) is 11.3 Å². The molecule has 0 amide bonds. The van der Waals surface area contributed by atoms with E-state index in [1.807, 2.05) is 13.8 Å². The van der Waals surface area contributed by atoms with E-state index >= 15 is 0 Å². The van der Waals surface area contributed by atoms with Gasteiger partial charge in [-0.15, -0.1) is 21.5 Å².